The van der Waals surface area contributed by atoms with Gasteiger partial charge >= 0.3 is 0 Å². The van der Waals surface area contributed by atoms with Gasteiger partial charge in [0.25, 0.3) is 0 Å². The lowest BCUT2D eigenvalue weighted by atomic mass is 10.0. The van der Waals surface area contributed by atoms with E-state index in [1.165, 1.54) is 24.0 Å². The van der Waals surface area contributed by atoms with Crippen LogP contribution in [0, 0.1) is 13.8 Å². The number of hydrogen-bond donors (Lipinski definition) is 1. The zero-order chi connectivity index (χ0) is 16.7. The van der Waals surface area contributed by atoms with Gasteiger partial charge in [-0.2, -0.15) is 0 Å². The molecule has 1 aromatic carbocycles. The van der Waals surface area contributed by atoms with Crippen molar-refractivity contribution in [3.8, 4) is 0 Å². The number of aromatic nitrogens is 3. The third kappa shape index (κ3) is 3.36. The number of nitrogens with one attached hydrogen (secondary N) is 1. The average molecular weight is 377 g/mol. The maximum Gasteiger partial charge on any atom is 0.206 e. The minimum atomic E-state index is 0.574. The smallest absolute Gasteiger partial charge is 0.206 e. The second-order valence-corrected chi connectivity index (χ2v) is 8.66. The molecule has 4 nitrogen and oxygen atoms in total. The number of thioether (sulfide) groups is 1. The van der Waals surface area contributed by atoms with E-state index < -0.39 is 0 Å². The second kappa shape index (κ2) is 6.50. The van der Waals surface area contributed by atoms with Gasteiger partial charge in [0.1, 0.15) is 5.15 Å². The van der Waals surface area contributed by atoms with Crippen LogP contribution in [-0.4, -0.2) is 21.2 Å². The summed E-state index contributed by atoms with van der Waals surface area (Å²) in [7, 11) is 0. The van der Waals surface area contributed by atoms with Crippen LogP contribution in [0.25, 0.3) is 10.9 Å². The summed E-state index contributed by atoms with van der Waals surface area (Å²) >= 11 is 9.66. The Kier molecular flexibility index (Phi) is 4.37. The highest BCUT2D eigenvalue weighted by atomic mass is 35.5. The zero-order valence-corrected chi connectivity index (χ0v) is 15.9. The molecule has 1 fully saturated rings. The molecule has 1 saturated carbocycles. The molecule has 0 bridgehead atoms. The number of pyridine rings is 1. The number of hydrogen-bond acceptors (Lipinski definition) is 6. The van der Waals surface area contributed by atoms with Crippen molar-refractivity contribution in [2.45, 2.75) is 42.8 Å². The molecule has 24 heavy (non-hydrogen) atoms. The topological polar surface area (TPSA) is 50.7 Å². The Morgan fingerprint density at radius 3 is 2.92 bits per heavy atom. The fraction of sp³-hybridized carbons (Fsp3) is 0.353. The first kappa shape index (κ1) is 16.1. The molecule has 124 valence electrons. The maximum atomic E-state index is 6.41. The summed E-state index contributed by atoms with van der Waals surface area (Å²) in [5, 5.41) is 14.4. The van der Waals surface area contributed by atoms with Crippen molar-refractivity contribution in [2.75, 3.05) is 5.32 Å². The zero-order valence-electron chi connectivity index (χ0n) is 13.5. The molecule has 0 unspecified atom stereocenters. The van der Waals surface area contributed by atoms with Gasteiger partial charge in [-0.05, 0) is 43.9 Å². The van der Waals surface area contributed by atoms with Crippen molar-refractivity contribution in [2.24, 2.45) is 0 Å². The molecule has 3 aromatic rings. The van der Waals surface area contributed by atoms with E-state index in [1.54, 1.807) is 23.1 Å². The van der Waals surface area contributed by atoms with Crippen LogP contribution in [0.4, 0.5) is 5.13 Å². The second-order valence-electron chi connectivity index (χ2n) is 6.10. The van der Waals surface area contributed by atoms with E-state index in [0.29, 0.717) is 11.2 Å². The van der Waals surface area contributed by atoms with E-state index in [-0.39, 0.29) is 0 Å². The van der Waals surface area contributed by atoms with Crippen LogP contribution in [0.5, 0.6) is 0 Å². The van der Waals surface area contributed by atoms with Crippen molar-refractivity contribution in [1.82, 2.24) is 15.2 Å². The molecule has 1 aliphatic rings. The fourth-order valence-electron chi connectivity index (χ4n) is 2.47. The van der Waals surface area contributed by atoms with Gasteiger partial charge in [-0.3, -0.25) is 0 Å². The van der Waals surface area contributed by atoms with Gasteiger partial charge in [-0.1, -0.05) is 46.8 Å². The molecule has 1 aliphatic carbocycles. The summed E-state index contributed by atoms with van der Waals surface area (Å²) in [6, 6.07) is 6.97. The fourth-order valence-corrected chi connectivity index (χ4v) is 4.56. The Bertz CT molecular complexity index is 905. The lowest BCUT2D eigenvalue weighted by Gasteiger charge is -2.08. The molecule has 0 spiro atoms. The minimum absolute atomic E-state index is 0.574. The molecule has 2 aromatic heterocycles. The van der Waals surface area contributed by atoms with Crippen molar-refractivity contribution < 1.29 is 0 Å². The molecule has 0 atom stereocenters. The van der Waals surface area contributed by atoms with Gasteiger partial charge in [0.15, 0.2) is 4.34 Å². The van der Waals surface area contributed by atoms with Gasteiger partial charge in [-0.15, -0.1) is 10.2 Å². The number of fused-ring (bicyclic) bond motifs is 1. The third-order valence-electron chi connectivity index (χ3n) is 4.20. The van der Waals surface area contributed by atoms with E-state index in [4.69, 9.17) is 11.6 Å². The first-order valence-electron chi connectivity index (χ1n) is 7.88. The number of halogens is 1. The lowest BCUT2D eigenvalue weighted by Crippen LogP contribution is -1.99. The van der Waals surface area contributed by atoms with Crippen molar-refractivity contribution in [1.29, 1.82) is 0 Å². The molecule has 0 amide bonds. The van der Waals surface area contributed by atoms with Crippen LogP contribution in [-0.2, 0) is 5.75 Å². The van der Waals surface area contributed by atoms with E-state index in [1.807, 2.05) is 0 Å². The Morgan fingerprint density at radius 1 is 1.29 bits per heavy atom. The van der Waals surface area contributed by atoms with Crippen LogP contribution < -0.4 is 5.32 Å². The Labute approximate surface area is 154 Å². The first-order chi connectivity index (χ1) is 11.6. The SMILES string of the molecule is Cc1ccc2cc(CSc3nnc(NC4CC4)s3)c(Cl)nc2c1C. The van der Waals surface area contributed by atoms with Crippen LogP contribution in [0.1, 0.15) is 29.5 Å². The molecule has 0 radical (unpaired) electrons. The number of nitrogens with zero attached hydrogens (tertiary/aromatic N) is 3. The first-order valence-corrected chi connectivity index (χ1v) is 10.1. The summed E-state index contributed by atoms with van der Waals surface area (Å²) in [6.07, 6.45) is 2.47. The van der Waals surface area contributed by atoms with Gasteiger partial charge < -0.3 is 5.32 Å². The molecular formula is C17H17ClN4S2. The molecule has 4 rings (SSSR count). The quantitative estimate of drug-likeness (QED) is 0.488. The molecular weight excluding hydrogens is 360 g/mol. The normalized spacial score (nSPS) is 14.3. The minimum Gasteiger partial charge on any atom is -0.357 e. The predicted octanol–water partition coefficient (Wildman–Crippen LogP) is 5.22. The summed E-state index contributed by atoms with van der Waals surface area (Å²) in [5.41, 5.74) is 4.44. The monoisotopic (exact) mass is 376 g/mol. The highest BCUT2D eigenvalue weighted by Crippen LogP contribution is 2.33. The van der Waals surface area contributed by atoms with Gasteiger partial charge in [-0.25, -0.2) is 4.98 Å². The van der Waals surface area contributed by atoms with Gasteiger partial charge in [0, 0.05) is 22.7 Å². The Morgan fingerprint density at radius 2 is 2.12 bits per heavy atom. The van der Waals surface area contributed by atoms with Crippen molar-refractivity contribution in [3.63, 3.8) is 0 Å². The predicted molar refractivity (Wildman–Crippen MR) is 102 cm³/mol. The molecule has 2 heterocycles. The summed E-state index contributed by atoms with van der Waals surface area (Å²) in [6.45, 7) is 4.18. The Hall–Kier alpha value is -1.37. The average Bonchev–Trinajstić information content (AvgIpc) is 3.27. The van der Waals surface area contributed by atoms with Crippen LogP contribution >= 0.6 is 34.7 Å². The van der Waals surface area contributed by atoms with Crippen LogP contribution in [0.2, 0.25) is 5.15 Å². The Balaban J connectivity index is 1.52. The van der Waals surface area contributed by atoms with Gasteiger partial charge in [0.05, 0.1) is 5.52 Å². The third-order valence-corrected chi connectivity index (χ3v) is 6.56. The van der Waals surface area contributed by atoms with E-state index in [2.05, 4.69) is 52.5 Å². The lowest BCUT2D eigenvalue weighted by molar-refractivity contribution is 0.994. The number of benzene rings is 1. The number of aryl methyl sites for hydroxylation is 2. The number of anilines is 1. The molecule has 7 heteroatoms. The molecule has 0 aliphatic heterocycles. The summed E-state index contributed by atoms with van der Waals surface area (Å²) < 4.78 is 0.953. The van der Waals surface area contributed by atoms with E-state index in [9.17, 15) is 0 Å². The standard InChI is InChI=1S/C17H17ClN4S2/c1-9-3-4-11-7-12(15(18)20-14(11)10(9)2)8-23-17-22-21-16(24-17)19-13-5-6-13/h3-4,7,13H,5-6,8H2,1-2H3,(H,19,21). The maximum absolute atomic E-state index is 6.41. The van der Waals surface area contributed by atoms with E-state index in [0.717, 1.165) is 31.7 Å². The van der Waals surface area contributed by atoms with Crippen LogP contribution in [0.3, 0.4) is 0 Å². The largest absolute Gasteiger partial charge is 0.357 e. The summed E-state index contributed by atoms with van der Waals surface area (Å²) in [5.74, 6) is 0.743. The van der Waals surface area contributed by atoms with E-state index >= 15 is 0 Å². The van der Waals surface area contributed by atoms with Gasteiger partial charge in [0.2, 0.25) is 5.13 Å². The summed E-state index contributed by atoms with van der Waals surface area (Å²) in [4.78, 5) is 4.61. The highest BCUT2D eigenvalue weighted by molar-refractivity contribution is 8.00. The molecule has 0 saturated heterocycles. The van der Waals surface area contributed by atoms with Crippen LogP contribution in [0.15, 0.2) is 22.5 Å². The highest BCUT2D eigenvalue weighted by Gasteiger charge is 2.22. The number of rotatable bonds is 5. The van der Waals surface area contributed by atoms with Crippen molar-refractivity contribution in [3.05, 3.63) is 40.0 Å². The molecule has 1 N–H and O–H groups in total. The van der Waals surface area contributed by atoms with Crippen molar-refractivity contribution >= 4 is 50.7 Å².